The Morgan fingerprint density at radius 1 is 0.373 bits per heavy atom. The SMILES string of the molecule is Cc1c(N(c2ccccc2)c2ccccc2)c2ccc(-c3c4ccccc4c(N(c4ccccc4)c4ccccc4)c4ccccc34)cc2n1C. The Hall–Kier alpha value is -6.58. The summed E-state index contributed by atoms with van der Waals surface area (Å²) < 4.78 is 2.35. The highest BCUT2D eigenvalue weighted by atomic mass is 15.2. The summed E-state index contributed by atoms with van der Waals surface area (Å²) in [7, 11) is 2.19. The summed E-state index contributed by atoms with van der Waals surface area (Å²) >= 11 is 0. The number of rotatable bonds is 7. The second-order valence-corrected chi connectivity index (χ2v) is 13.1. The van der Waals surface area contributed by atoms with Crippen molar-refractivity contribution < 1.29 is 0 Å². The molecule has 9 aromatic rings. The largest absolute Gasteiger partial charge is 0.346 e. The van der Waals surface area contributed by atoms with E-state index < -0.39 is 0 Å². The molecule has 3 nitrogen and oxygen atoms in total. The standard InChI is InChI=1S/C48H37N3/c1-34-47(50(36-19-7-3-8-20-36)37-21-9-4-10-22-37)44-32-31-35(33-45(44)49(34)2)46-40-27-15-17-29-42(40)48(43-30-18-16-28-41(43)46)51(38-23-11-5-12-24-38)39-25-13-6-14-26-39/h3-33H,1-2H3. The number of hydrogen-bond donors (Lipinski definition) is 0. The van der Waals surface area contributed by atoms with E-state index in [2.05, 4.69) is 216 Å². The molecule has 0 saturated heterocycles. The van der Waals surface area contributed by atoms with Crippen LogP contribution in [0.2, 0.25) is 0 Å². The topological polar surface area (TPSA) is 11.4 Å². The average Bonchev–Trinajstić information content (AvgIpc) is 3.44. The number of nitrogens with zero attached hydrogens (tertiary/aromatic N) is 3. The monoisotopic (exact) mass is 655 g/mol. The maximum Gasteiger partial charge on any atom is 0.0747 e. The molecule has 0 N–H and O–H groups in total. The van der Waals surface area contributed by atoms with Crippen molar-refractivity contribution in [3.8, 4) is 11.1 Å². The first-order chi connectivity index (χ1) is 25.2. The van der Waals surface area contributed by atoms with Gasteiger partial charge in [0.1, 0.15) is 0 Å². The Labute approximate surface area is 298 Å². The molecule has 0 aliphatic heterocycles. The lowest BCUT2D eigenvalue weighted by Crippen LogP contribution is -2.11. The first-order valence-electron chi connectivity index (χ1n) is 17.5. The third kappa shape index (κ3) is 5.14. The molecule has 51 heavy (non-hydrogen) atoms. The number of aryl methyl sites for hydroxylation is 1. The van der Waals surface area contributed by atoms with E-state index in [0.717, 1.165) is 22.7 Å². The van der Waals surface area contributed by atoms with E-state index in [1.807, 2.05) is 0 Å². The Morgan fingerprint density at radius 3 is 1.18 bits per heavy atom. The van der Waals surface area contributed by atoms with Crippen LogP contribution in [-0.2, 0) is 7.05 Å². The van der Waals surface area contributed by atoms with Crippen LogP contribution in [0.25, 0.3) is 43.6 Å². The van der Waals surface area contributed by atoms with Crippen molar-refractivity contribution in [3.05, 3.63) is 194 Å². The van der Waals surface area contributed by atoms with E-state index in [1.54, 1.807) is 0 Å². The molecule has 0 unspecified atom stereocenters. The predicted octanol–water partition coefficient (Wildman–Crippen LogP) is 13.4. The van der Waals surface area contributed by atoms with Crippen LogP contribution in [0.5, 0.6) is 0 Å². The van der Waals surface area contributed by atoms with Crippen molar-refractivity contribution in [1.82, 2.24) is 4.57 Å². The second kappa shape index (κ2) is 12.7. The van der Waals surface area contributed by atoms with E-state index in [0.29, 0.717) is 0 Å². The van der Waals surface area contributed by atoms with Crippen molar-refractivity contribution in [2.24, 2.45) is 7.05 Å². The molecule has 8 aromatic carbocycles. The van der Waals surface area contributed by atoms with Gasteiger partial charge < -0.3 is 14.4 Å². The highest BCUT2D eigenvalue weighted by Crippen LogP contribution is 2.49. The van der Waals surface area contributed by atoms with Gasteiger partial charge in [-0.3, -0.25) is 0 Å². The minimum absolute atomic E-state index is 1.13. The minimum atomic E-state index is 1.13. The fourth-order valence-corrected chi connectivity index (χ4v) is 7.76. The third-order valence-corrected chi connectivity index (χ3v) is 10.2. The molecule has 9 rings (SSSR count). The zero-order valence-corrected chi connectivity index (χ0v) is 28.7. The Kier molecular flexibility index (Phi) is 7.59. The highest BCUT2D eigenvalue weighted by molar-refractivity contribution is 6.22. The van der Waals surface area contributed by atoms with Gasteiger partial charge in [0.15, 0.2) is 0 Å². The number of benzene rings is 8. The minimum Gasteiger partial charge on any atom is -0.346 e. The molecule has 0 atom stereocenters. The summed E-state index contributed by atoms with van der Waals surface area (Å²) in [6, 6.07) is 67.6. The fraction of sp³-hybridized carbons (Fsp3) is 0.0417. The van der Waals surface area contributed by atoms with Gasteiger partial charge in [-0.15, -0.1) is 0 Å². The smallest absolute Gasteiger partial charge is 0.0747 e. The molecule has 0 spiro atoms. The lowest BCUT2D eigenvalue weighted by molar-refractivity contribution is 0.916. The molecule has 0 fully saturated rings. The van der Waals surface area contributed by atoms with Crippen LogP contribution in [0, 0.1) is 6.92 Å². The van der Waals surface area contributed by atoms with Crippen molar-refractivity contribution in [1.29, 1.82) is 0 Å². The summed E-state index contributed by atoms with van der Waals surface area (Å²) in [5.74, 6) is 0. The van der Waals surface area contributed by atoms with E-state index in [4.69, 9.17) is 0 Å². The lowest BCUT2D eigenvalue weighted by atomic mass is 9.89. The maximum absolute atomic E-state index is 2.41. The van der Waals surface area contributed by atoms with Gasteiger partial charge in [0, 0.05) is 51.6 Å². The number of hydrogen-bond acceptors (Lipinski definition) is 2. The molecule has 0 aliphatic carbocycles. The van der Waals surface area contributed by atoms with Crippen molar-refractivity contribution in [3.63, 3.8) is 0 Å². The number of aromatic nitrogens is 1. The zero-order valence-electron chi connectivity index (χ0n) is 28.7. The van der Waals surface area contributed by atoms with Crippen LogP contribution < -0.4 is 9.80 Å². The van der Waals surface area contributed by atoms with Crippen molar-refractivity contribution in [2.75, 3.05) is 9.80 Å². The Balaban J connectivity index is 1.30. The Morgan fingerprint density at radius 2 is 0.745 bits per heavy atom. The van der Waals surface area contributed by atoms with E-state index in [1.165, 1.54) is 60.6 Å². The van der Waals surface area contributed by atoms with Gasteiger partial charge in [0.25, 0.3) is 0 Å². The van der Waals surface area contributed by atoms with Crippen LogP contribution in [-0.4, -0.2) is 4.57 Å². The molecule has 1 aromatic heterocycles. The van der Waals surface area contributed by atoms with Gasteiger partial charge in [-0.1, -0.05) is 133 Å². The summed E-state index contributed by atoms with van der Waals surface area (Å²) in [5.41, 5.74) is 11.8. The van der Waals surface area contributed by atoms with Crippen molar-refractivity contribution >= 4 is 66.6 Å². The van der Waals surface area contributed by atoms with Gasteiger partial charge in [0.05, 0.1) is 16.9 Å². The first-order valence-corrected chi connectivity index (χ1v) is 17.5. The number of anilines is 6. The summed E-state index contributed by atoms with van der Waals surface area (Å²) in [4.78, 5) is 4.80. The summed E-state index contributed by atoms with van der Waals surface area (Å²) in [6.45, 7) is 2.23. The second-order valence-electron chi connectivity index (χ2n) is 13.1. The summed E-state index contributed by atoms with van der Waals surface area (Å²) in [5, 5.41) is 6.09. The number of fused-ring (bicyclic) bond motifs is 3. The third-order valence-electron chi connectivity index (χ3n) is 10.2. The molecule has 0 saturated carbocycles. The van der Waals surface area contributed by atoms with Crippen LogP contribution in [0.4, 0.5) is 34.1 Å². The molecule has 0 aliphatic rings. The first kappa shape index (κ1) is 30.5. The molecular formula is C48H37N3. The van der Waals surface area contributed by atoms with Gasteiger partial charge in [-0.25, -0.2) is 0 Å². The zero-order chi connectivity index (χ0) is 34.3. The predicted molar refractivity (Wildman–Crippen MR) is 217 cm³/mol. The Bertz CT molecular complexity index is 2510. The molecular weight excluding hydrogens is 619 g/mol. The summed E-state index contributed by atoms with van der Waals surface area (Å²) in [6.07, 6.45) is 0. The van der Waals surface area contributed by atoms with Crippen LogP contribution in [0.15, 0.2) is 188 Å². The molecule has 1 heterocycles. The average molecular weight is 656 g/mol. The van der Waals surface area contributed by atoms with Gasteiger partial charge in [-0.05, 0) is 83.4 Å². The van der Waals surface area contributed by atoms with E-state index in [9.17, 15) is 0 Å². The van der Waals surface area contributed by atoms with E-state index >= 15 is 0 Å². The lowest BCUT2D eigenvalue weighted by Gasteiger charge is -2.29. The molecule has 0 amide bonds. The van der Waals surface area contributed by atoms with Crippen molar-refractivity contribution in [2.45, 2.75) is 6.92 Å². The normalized spacial score (nSPS) is 11.3. The molecule has 244 valence electrons. The molecule has 0 bridgehead atoms. The van der Waals surface area contributed by atoms with Crippen LogP contribution in [0.3, 0.4) is 0 Å². The van der Waals surface area contributed by atoms with E-state index in [-0.39, 0.29) is 0 Å². The number of para-hydroxylation sites is 4. The quantitative estimate of drug-likeness (QED) is 0.158. The maximum atomic E-state index is 2.41. The highest BCUT2D eigenvalue weighted by Gasteiger charge is 2.24. The van der Waals surface area contributed by atoms with Gasteiger partial charge in [-0.2, -0.15) is 0 Å². The molecule has 3 heteroatoms. The van der Waals surface area contributed by atoms with Crippen LogP contribution >= 0.6 is 0 Å². The molecule has 0 radical (unpaired) electrons. The van der Waals surface area contributed by atoms with Crippen LogP contribution in [0.1, 0.15) is 5.69 Å². The van der Waals surface area contributed by atoms with Gasteiger partial charge in [0.2, 0.25) is 0 Å². The van der Waals surface area contributed by atoms with Gasteiger partial charge >= 0.3 is 0 Å². The fourth-order valence-electron chi connectivity index (χ4n) is 7.76.